The van der Waals surface area contributed by atoms with Crippen molar-refractivity contribution in [2.75, 3.05) is 6.61 Å². The van der Waals surface area contributed by atoms with Gasteiger partial charge in [0.25, 0.3) is 0 Å². The zero-order valence-electron chi connectivity index (χ0n) is 29.5. The molecule has 46 heavy (non-hydrogen) atoms. The van der Waals surface area contributed by atoms with Crippen LogP contribution >= 0.6 is 0 Å². The maximum Gasteiger partial charge on any atom is 0.320 e. The molecule has 1 fully saturated rings. The number of rotatable bonds is 11. The minimum atomic E-state index is -0.377. The van der Waals surface area contributed by atoms with E-state index in [-0.39, 0.29) is 16.8 Å². The van der Waals surface area contributed by atoms with Crippen molar-refractivity contribution in [2.45, 2.75) is 131 Å². The van der Waals surface area contributed by atoms with Crippen molar-refractivity contribution < 1.29 is 14.6 Å². The molecule has 1 saturated carbocycles. The first kappa shape index (κ1) is 33.0. The Bertz CT molecular complexity index is 1460. The molecule has 6 rings (SSSR count). The van der Waals surface area contributed by atoms with Gasteiger partial charge in [0.05, 0.1) is 6.61 Å². The maximum atomic E-state index is 11.4. The van der Waals surface area contributed by atoms with Crippen molar-refractivity contribution in [3.63, 3.8) is 0 Å². The fourth-order valence-electron chi connectivity index (χ4n) is 8.28. The number of nitrogens with zero attached hydrogens (tertiary/aromatic N) is 3. The summed E-state index contributed by atoms with van der Waals surface area (Å²) < 4.78 is 12.8. The van der Waals surface area contributed by atoms with Crippen LogP contribution in [0.3, 0.4) is 0 Å². The van der Waals surface area contributed by atoms with Crippen molar-refractivity contribution >= 4 is 11.1 Å². The van der Waals surface area contributed by atoms with Gasteiger partial charge < -0.3 is 14.6 Å². The molecule has 0 saturated heterocycles. The van der Waals surface area contributed by atoms with Crippen LogP contribution in [0.1, 0.15) is 137 Å². The molecular weight excluding hydrogens is 570 g/mol. The van der Waals surface area contributed by atoms with E-state index in [9.17, 15) is 5.11 Å². The van der Waals surface area contributed by atoms with E-state index in [0.717, 1.165) is 36.4 Å². The minimum absolute atomic E-state index is 0.0504. The zero-order valence-corrected chi connectivity index (χ0v) is 29.5. The second-order valence-corrected chi connectivity index (χ2v) is 16.0. The second-order valence-electron chi connectivity index (χ2n) is 16.0. The van der Waals surface area contributed by atoms with Crippen molar-refractivity contribution in [2.24, 2.45) is 35.0 Å². The molecule has 0 aliphatic heterocycles. The molecular formula is C40H57N3O3. The minimum Gasteiger partial charge on any atom is -0.507 e. The van der Waals surface area contributed by atoms with E-state index in [4.69, 9.17) is 24.4 Å². The van der Waals surface area contributed by atoms with Crippen LogP contribution in [0.4, 0.5) is 0 Å². The number of hydrogen-bond acceptors (Lipinski definition) is 6. The first-order valence-electron chi connectivity index (χ1n) is 18.3. The highest BCUT2D eigenvalue weighted by molar-refractivity contribution is 5.70. The molecule has 5 aliphatic carbocycles. The van der Waals surface area contributed by atoms with Crippen LogP contribution in [0.2, 0.25) is 0 Å². The molecule has 1 heterocycles. The Morgan fingerprint density at radius 1 is 0.957 bits per heavy atom. The molecule has 6 heteroatoms. The highest BCUT2D eigenvalue weighted by Gasteiger charge is 2.46. The van der Waals surface area contributed by atoms with Gasteiger partial charge in [-0.05, 0) is 106 Å². The lowest BCUT2D eigenvalue weighted by molar-refractivity contribution is -0.0558. The maximum absolute atomic E-state index is 11.4. The van der Waals surface area contributed by atoms with Gasteiger partial charge in [0.2, 0.25) is 0 Å². The molecule has 5 unspecified atom stereocenters. The van der Waals surface area contributed by atoms with E-state index in [1.165, 1.54) is 50.5 Å². The van der Waals surface area contributed by atoms with Crippen LogP contribution in [-0.2, 0) is 4.74 Å². The summed E-state index contributed by atoms with van der Waals surface area (Å²) in [7, 11) is 0. The molecule has 1 aromatic rings. The summed E-state index contributed by atoms with van der Waals surface area (Å²) in [6.07, 6.45) is 22.1. The van der Waals surface area contributed by atoms with Crippen molar-refractivity contribution in [1.29, 1.82) is 0 Å². The summed E-state index contributed by atoms with van der Waals surface area (Å²) in [5, 5.41) is 11.4. The van der Waals surface area contributed by atoms with Gasteiger partial charge in [0.15, 0.2) is 11.6 Å². The van der Waals surface area contributed by atoms with E-state index >= 15 is 0 Å². The molecule has 0 aromatic carbocycles. The fraction of sp³-hybridized carbons (Fsp3) is 0.675. The van der Waals surface area contributed by atoms with Crippen LogP contribution in [0.15, 0.2) is 47.0 Å². The lowest BCUT2D eigenvalue weighted by atomic mass is 9.55. The normalized spacial score (nSPS) is 26.8. The third-order valence-corrected chi connectivity index (χ3v) is 12.1. The first-order valence-corrected chi connectivity index (χ1v) is 18.3. The summed E-state index contributed by atoms with van der Waals surface area (Å²) in [6.45, 7) is 15.8. The Morgan fingerprint density at radius 3 is 2.50 bits per heavy atom. The summed E-state index contributed by atoms with van der Waals surface area (Å²) in [5.74, 6) is 5.16. The van der Waals surface area contributed by atoms with Gasteiger partial charge in [-0.15, -0.1) is 0 Å². The SMILES string of the molecule is CCCCC(CC)COc1nc(C2=CCC3CCC4=C5C(CC=C4)CCC2C53)nc(C2=C(O)C=C(OC(C)(C)C(C)(C)C)CC2)n1. The lowest BCUT2D eigenvalue weighted by Crippen LogP contribution is -2.40. The molecule has 0 amide bonds. The molecule has 5 atom stereocenters. The van der Waals surface area contributed by atoms with Crippen molar-refractivity contribution in [1.82, 2.24) is 15.0 Å². The number of aliphatic hydroxyl groups excluding tert-OH is 1. The average Bonchev–Trinajstić information content (AvgIpc) is 3.03. The van der Waals surface area contributed by atoms with Crippen LogP contribution < -0.4 is 4.74 Å². The third kappa shape index (κ3) is 6.60. The summed E-state index contributed by atoms with van der Waals surface area (Å²) >= 11 is 0. The number of aromatic nitrogens is 3. The molecule has 250 valence electrons. The van der Waals surface area contributed by atoms with Gasteiger partial charge in [-0.25, -0.2) is 4.98 Å². The second kappa shape index (κ2) is 13.3. The monoisotopic (exact) mass is 627 g/mol. The number of allylic oxidation sites excluding steroid dienone is 9. The Balaban J connectivity index is 1.35. The van der Waals surface area contributed by atoms with E-state index < -0.39 is 0 Å². The van der Waals surface area contributed by atoms with Gasteiger partial charge in [-0.3, -0.25) is 0 Å². The molecule has 1 N–H and O–H groups in total. The Labute approximate surface area is 277 Å². The van der Waals surface area contributed by atoms with Crippen LogP contribution in [-0.4, -0.2) is 32.3 Å². The van der Waals surface area contributed by atoms with Gasteiger partial charge in [-0.1, -0.05) is 77.7 Å². The number of ether oxygens (including phenoxy) is 2. The van der Waals surface area contributed by atoms with E-state index in [0.29, 0.717) is 60.9 Å². The fourth-order valence-corrected chi connectivity index (χ4v) is 8.28. The third-order valence-electron chi connectivity index (χ3n) is 12.1. The zero-order chi connectivity index (χ0) is 32.6. The van der Waals surface area contributed by atoms with Crippen molar-refractivity contribution in [3.05, 3.63) is 58.6 Å². The van der Waals surface area contributed by atoms with Crippen molar-refractivity contribution in [3.8, 4) is 6.01 Å². The van der Waals surface area contributed by atoms with E-state index in [1.807, 2.05) is 0 Å². The highest BCUT2D eigenvalue weighted by Crippen LogP contribution is 2.57. The highest BCUT2D eigenvalue weighted by atomic mass is 16.5. The number of aliphatic hydroxyl groups is 1. The van der Waals surface area contributed by atoms with Gasteiger partial charge >= 0.3 is 6.01 Å². The van der Waals surface area contributed by atoms with Gasteiger partial charge in [-0.2, -0.15) is 9.97 Å². The Morgan fingerprint density at radius 2 is 1.76 bits per heavy atom. The van der Waals surface area contributed by atoms with Crippen LogP contribution in [0.5, 0.6) is 6.01 Å². The Kier molecular flexibility index (Phi) is 9.56. The van der Waals surface area contributed by atoms with E-state index in [1.54, 1.807) is 17.2 Å². The topological polar surface area (TPSA) is 77.4 Å². The van der Waals surface area contributed by atoms with Crippen LogP contribution in [0, 0.1) is 35.0 Å². The first-order chi connectivity index (χ1) is 22.0. The molecule has 6 nitrogen and oxygen atoms in total. The summed E-state index contributed by atoms with van der Waals surface area (Å²) in [5.41, 5.74) is 4.93. The summed E-state index contributed by atoms with van der Waals surface area (Å²) in [4.78, 5) is 15.0. The average molecular weight is 628 g/mol. The standard InChI is InChI=1S/C40H57N3O3/c1-8-10-12-25(9-2)24-45-38-42-36(31-21-18-28-16-15-26-13-11-14-27-17-20-30(31)35(28)34(26)27)41-37(43-38)32-22-19-29(23-33(32)44)46-40(6,7)39(3,4)5/h11,13,21,23,25,27-28,30,35,44H,8-10,12,14-20,22,24H2,1-7H3. The predicted molar refractivity (Wildman–Crippen MR) is 186 cm³/mol. The lowest BCUT2D eigenvalue weighted by Gasteiger charge is -2.50. The number of unbranched alkanes of at least 4 members (excludes halogenated alkanes) is 1. The molecule has 0 radical (unpaired) electrons. The Hall–Kier alpha value is -2.89. The smallest absolute Gasteiger partial charge is 0.320 e. The largest absolute Gasteiger partial charge is 0.507 e. The molecule has 1 aromatic heterocycles. The van der Waals surface area contributed by atoms with Crippen LogP contribution in [0.25, 0.3) is 11.1 Å². The van der Waals surface area contributed by atoms with Gasteiger partial charge in [0, 0.05) is 23.5 Å². The molecule has 0 spiro atoms. The molecule has 0 bridgehead atoms. The predicted octanol–water partition coefficient (Wildman–Crippen LogP) is 10.4. The quantitative estimate of drug-likeness (QED) is 0.263. The van der Waals surface area contributed by atoms with E-state index in [2.05, 4.69) is 66.7 Å². The number of hydrogen-bond donors (Lipinski definition) is 1. The van der Waals surface area contributed by atoms with Gasteiger partial charge in [0.1, 0.15) is 17.1 Å². The molecule has 5 aliphatic rings. The summed E-state index contributed by atoms with van der Waals surface area (Å²) in [6, 6.07) is 0.385.